The van der Waals surface area contributed by atoms with E-state index in [-0.39, 0.29) is 0 Å². The van der Waals surface area contributed by atoms with Crippen molar-refractivity contribution in [2.24, 2.45) is 0 Å². The fourth-order valence-electron chi connectivity index (χ4n) is 0.988. The van der Waals surface area contributed by atoms with E-state index in [0.29, 0.717) is 0 Å². The Bertz CT molecular complexity index is 250. The Labute approximate surface area is 71.0 Å². The number of aliphatic hydroxyl groups excluding tert-OH is 1. The van der Waals surface area contributed by atoms with Gasteiger partial charge in [0.05, 0.1) is 6.10 Å². The lowest BCUT2D eigenvalue weighted by atomic mass is 10.1. The van der Waals surface area contributed by atoms with Crippen LogP contribution in [0.25, 0.3) is 0 Å². The molecule has 0 aliphatic rings. The fourth-order valence-corrected chi connectivity index (χ4v) is 1.73. The number of thiophene rings is 1. The molecule has 1 atom stereocenters. The van der Waals surface area contributed by atoms with Gasteiger partial charge in [0.15, 0.2) is 0 Å². The minimum absolute atomic E-state index is 0.425. The molecule has 1 N–H and O–H groups in total. The zero-order valence-corrected chi connectivity index (χ0v) is 7.56. The minimum atomic E-state index is -0.425. The second-order valence-corrected chi connectivity index (χ2v) is 3.52. The predicted molar refractivity (Wildman–Crippen MR) is 48.8 cm³/mol. The molecule has 0 bridgehead atoms. The molecule has 1 aromatic heterocycles. The number of aryl methyl sites for hydroxylation is 1. The minimum Gasteiger partial charge on any atom is -0.384 e. The molecule has 1 aromatic rings. The fraction of sp³-hybridized carbons (Fsp3) is 0.333. The van der Waals surface area contributed by atoms with Crippen LogP contribution in [0, 0.1) is 6.92 Å². The highest BCUT2D eigenvalue weighted by atomic mass is 32.1. The van der Waals surface area contributed by atoms with Gasteiger partial charge in [0.2, 0.25) is 0 Å². The van der Waals surface area contributed by atoms with Gasteiger partial charge in [-0.05, 0) is 30.9 Å². The highest BCUT2D eigenvalue weighted by molar-refractivity contribution is 7.10. The van der Waals surface area contributed by atoms with Crippen molar-refractivity contribution < 1.29 is 5.11 Å². The van der Waals surface area contributed by atoms with Gasteiger partial charge in [0.1, 0.15) is 0 Å². The van der Waals surface area contributed by atoms with Gasteiger partial charge in [-0.3, -0.25) is 0 Å². The molecule has 0 saturated heterocycles. The topological polar surface area (TPSA) is 20.2 Å². The van der Waals surface area contributed by atoms with Crippen molar-refractivity contribution in [2.75, 3.05) is 0 Å². The number of rotatable bonds is 2. The molecule has 0 saturated carbocycles. The molecule has 0 radical (unpaired) electrons. The van der Waals surface area contributed by atoms with Crippen molar-refractivity contribution in [3.63, 3.8) is 0 Å². The van der Waals surface area contributed by atoms with Gasteiger partial charge in [-0.1, -0.05) is 12.2 Å². The molecule has 0 aromatic carbocycles. The molecular formula is C9H12OS. The van der Waals surface area contributed by atoms with Crippen LogP contribution in [-0.4, -0.2) is 5.11 Å². The molecule has 0 aliphatic heterocycles. The predicted octanol–water partition coefficient (Wildman–Crippen LogP) is 2.67. The summed E-state index contributed by atoms with van der Waals surface area (Å²) in [4.78, 5) is 1.19. The Morgan fingerprint density at radius 2 is 2.36 bits per heavy atom. The summed E-state index contributed by atoms with van der Waals surface area (Å²) in [5.74, 6) is 0. The zero-order chi connectivity index (χ0) is 8.27. The molecule has 2 heteroatoms. The summed E-state index contributed by atoms with van der Waals surface area (Å²) in [6.07, 6.45) is 3.22. The van der Waals surface area contributed by atoms with Gasteiger partial charge in [0, 0.05) is 4.88 Å². The van der Waals surface area contributed by atoms with E-state index < -0.39 is 6.10 Å². The summed E-state index contributed by atoms with van der Waals surface area (Å²) in [7, 11) is 0. The largest absolute Gasteiger partial charge is 0.384 e. The SMILES string of the molecule is C/C=C\C(O)c1ccsc1C. The van der Waals surface area contributed by atoms with Gasteiger partial charge < -0.3 is 5.11 Å². The molecular weight excluding hydrogens is 156 g/mol. The Morgan fingerprint density at radius 3 is 2.82 bits per heavy atom. The van der Waals surface area contributed by atoms with Gasteiger partial charge in [-0.2, -0.15) is 0 Å². The molecule has 1 rings (SSSR count). The van der Waals surface area contributed by atoms with E-state index in [1.165, 1.54) is 4.88 Å². The number of hydrogen-bond donors (Lipinski definition) is 1. The number of allylic oxidation sites excluding steroid dienone is 1. The van der Waals surface area contributed by atoms with E-state index in [1.54, 1.807) is 17.4 Å². The number of aliphatic hydroxyl groups is 1. The lowest BCUT2D eigenvalue weighted by Gasteiger charge is -2.02. The summed E-state index contributed by atoms with van der Waals surface area (Å²) in [6, 6.07) is 1.96. The summed E-state index contributed by atoms with van der Waals surface area (Å²) in [6.45, 7) is 3.93. The van der Waals surface area contributed by atoms with Crippen molar-refractivity contribution in [1.29, 1.82) is 0 Å². The lowest BCUT2D eigenvalue weighted by Crippen LogP contribution is -1.91. The first-order valence-electron chi connectivity index (χ1n) is 3.60. The van der Waals surface area contributed by atoms with Crippen LogP contribution in [0.15, 0.2) is 23.6 Å². The first-order chi connectivity index (χ1) is 5.25. The third kappa shape index (κ3) is 1.91. The van der Waals surface area contributed by atoms with Crippen molar-refractivity contribution in [3.8, 4) is 0 Å². The molecule has 1 heterocycles. The number of hydrogen-bond acceptors (Lipinski definition) is 2. The van der Waals surface area contributed by atoms with Crippen molar-refractivity contribution in [3.05, 3.63) is 34.0 Å². The Morgan fingerprint density at radius 1 is 1.64 bits per heavy atom. The summed E-state index contributed by atoms with van der Waals surface area (Å²) >= 11 is 1.66. The van der Waals surface area contributed by atoms with Gasteiger partial charge in [0.25, 0.3) is 0 Å². The quantitative estimate of drug-likeness (QED) is 0.673. The monoisotopic (exact) mass is 168 g/mol. The molecule has 1 nitrogen and oxygen atoms in total. The smallest absolute Gasteiger partial charge is 0.0982 e. The third-order valence-electron chi connectivity index (χ3n) is 1.59. The molecule has 0 spiro atoms. The maximum atomic E-state index is 9.51. The van der Waals surface area contributed by atoms with E-state index in [0.717, 1.165) is 5.56 Å². The van der Waals surface area contributed by atoms with Crippen LogP contribution in [0.2, 0.25) is 0 Å². The van der Waals surface area contributed by atoms with Crippen LogP contribution in [0.4, 0.5) is 0 Å². The molecule has 0 amide bonds. The van der Waals surface area contributed by atoms with Crippen molar-refractivity contribution >= 4 is 11.3 Å². The molecule has 0 aliphatic carbocycles. The van der Waals surface area contributed by atoms with E-state index in [9.17, 15) is 5.11 Å². The van der Waals surface area contributed by atoms with Gasteiger partial charge in [-0.15, -0.1) is 11.3 Å². The van der Waals surface area contributed by atoms with E-state index in [2.05, 4.69) is 0 Å². The van der Waals surface area contributed by atoms with Crippen LogP contribution in [0.1, 0.15) is 23.5 Å². The summed E-state index contributed by atoms with van der Waals surface area (Å²) in [5, 5.41) is 11.5. The summed E-state index contributed by atoms with van der Waals surface area (Å²) in [5.41, 5.74) is 1.02. The summed E-state index contributed by atoms with van der Waals surface area (Å²) < 4.78 is 0. The Hall–Kier alpha value is -0.600. The second kappa shape index (κ2) is 3.69. The van der Waals surface area contributed by atoms with Crippen LogP contribution in [0.5, 0.6) is 0 Å². The maximum Gasteiger partial charge on any atom is 0.0982 e. The van der Waals surface area contributed by atoms with E-state index in [1.807, 2.05) is 31.4 Å². The zero-order valence-electron chi connectivity index (χ0n) is 6.74. The van der Waals surface area contributed by atoms with Crippen LogP contribution < -0.4 is 0 Å². The van der Waals surface area contributed by atoms with Crippen LogP contribution >= 0.6 is 11.3 Å². The van der Waals surface area contributed by atoms with Crippen LogP contribution in [-0.2, 0) is 0 Å². The molecule has 1 unspecified atom stereocenters. The first kappa shape index (κ1) is 8.50. The highest BCUT2D eigenvalue weighted by Crippen LogP contribution is 2.22. The Balaban J connectivity index is 2.83. The molecule has 11 heavy (non-hydrogen) atoms. The standard InChI is InChI=1S/C9H12OS/c1-3-4-9(10)8-5-6-11-7(8)2/h3-6,9-10H,1-2H3/b4-3-. The van der Waals surface area contributed by atoms with E-state index >= 15 is 0 Å². The lowest BCUT2D eigenvalue weighted by molar-refractivity contribution is 0.228. The van der Waals surface area contributed by atoms with Crippen LogP contribution in [0.3, 0.4) is 0 Å². The normalized spacial score (nSPS) is 14.1. The first-order valence-corrected chi connectivity index (χ1v) is 4.48. The third-order valence-corrected chi connectivity index (χ3v) is 2.45. The molecule has 60 valence electrons. The van der Waals surface area contributed by atoms with Gasteiger partial charge in [-0.25, -0.2) is 0 Å². The average Bonchev–Trinajstić information content (AvgIpc) is 2.36. The van der Waals surface area contributed by atoms with Crippen molar-refractivity contribution in [1.82, 2.24) is 0 Å². The Kier molecular flexibility index (Phi) is 2.85. The second-order valence-electron chi connectivity index (χ2n) is 2.40. The van der Waals surface area contributed by atoms with E-state index in [4.69, 9.17) is 0 Å². The molecule has 0 fully saturated rings. The highest BCUT2D eigenvalue weighted by Gasteiger charge is 2.06. The average molecular weight is 168 g/mol. The van der Waals surface area contributed by atoms with Crippen molar-refractivity contribution in [2.45, 2.75) is 20.0 Å². The maximum absolute atomic E-state index is 9.51. The van der Waals surface area contributed by atoms with Gasteiger partial charge >= 0.3 is 0 Å².